The average molecular weight is 478 g/mol. The first-order valence-electron chi connectivity index (χ1n) is 11.1. The van der Waals surface area contributed by atoms with Gasteiger partial charge in [-0.15, -0.1) is 21.5 Å². The summed E-state index contributed by atoms with van der Waals surface area (Å²) in [5, 5.41) is 12.1. The molecule has 0 N–H and O–H groups in total. The Hall–Kier alpha value is -2.57. The predicted octanol–water partition coefficient (Wildman–Crippen LogP) is 7.52. The molecule has 0 aliphatic carbocycles. The van der Waals surface area contributed by atoms with Crippen molar-refractivity contribution in [3.05, 3.63) is 75.7 Å². The van der Waals surface area contributed by atoms with Gasteiger partial charge in [0.05, 0.1) is 17.7 Å². The molecule has 0 atom stereocenters. The van der Waals surface area contributed by atoms with Gasteiger partial charge in [0, 0.05) is 5.75 Å². The minimum Gasteiger partial charge on any atom is -0.495 e. The van der Waals surface area contributed by atoms with E-state index in [1.807, 2.05) is 12.1 Å². The third-order valence-electron chi connectivity index (χ3n) is 5.86. The molecule has 0 aliphatic rings. The highest BCUT2D eigenvalue weighted by Gasteiger charge is 2.21. The van der Waals surface area contributed by atoms with Crippen LogP contribution in [0.25, 0.3) is 16.4 Å². The number of methoxy groups -OCH3 is 1. The summed E-state index contributed by atoms with van der Waals surface area (Å²) in [7, 11) is 1.71. The number of hydrogen-bond donors (Lipinski definition) is 0. The summed E-state index contributed by atoms with van der Waals surface area (Å²) in [6, 6.07) is 15.0. The molecule has 0 unspecified atom stereocenters. The van der Waals surface area contributed by atoms with Crippen molar-refractivity contribution in [3.8, 4) is 22.1 Å². The lowest BCUT2D eigenvalue weighted by Gasteiger charge is -2.22. The number of thiophene rings is 1. The number of aromatic nitrogens is 3. The molecule has 0 bridgehead atoms. The number of hydrogen-bond acceptors (Lipinski definition) is 5. The van der Waals surface area contributed by atoms with Gasteiger partial charge >= 0.3 is 0 Å². The van der Waals surface area contributed by atoms with Gasteiger partial charge in [-0.3, -0.25) is 4.57 Å². The van der Waals surface area contributed by atoms with Crippen LogP contribution in [0.15, 0.2) is 53.0 Å². The second-order valence-corrected chi connectivity index (χ2v) is 11.3. The molecule has 0 spiro atoms. The number of nitrogens with zero attached hydrogens (tertiary/aromatic N) is 3. The molecule has 2 aromatic carbocycles. The summed E-state index contributed by atoms with van der Waals surface area (Å²) in [5.41, 5.74) is 7.64. The van der Waals surface area contributed by atoms with Crippen molar-refractivity contribution < 1.29 is 4.74 Å². The maximum Gasteiger partial charge on any atom is 0.196 e. The van der Waals surface area contributed by atoms with Gasteiger partial charge in [0.2, 0.25) is 0 Å². The van der Waals surface area contributed by atoms with Crippen LogP contribution in [0.4, 0.5) is 0 Å². The lowest BCUT2D eigenvalue weighted by Crippen LogP contribution is -2.12. The molecule has 0 aliphatic heterocycles. The minimum absolute atomic E-state index is 0.138. The van der Waals surface area contributed by atoms with Crippen molar-refractivity contribution >= 4 is 23.1 Å². The van der Waals surface area contributed by atoms with Crippen molar-refractivity contribution in [1.29, 1.82) is 0 Å². The van der Waals surface area contributed by atoms with Gasteiger partial charge in [0.15, 0.2) is 11.0 Å². The molecule has 2 heterocycles. The Balaban J connectivity index is 1.76. The molecule has 2 aromatic heterocycles. The molecule has 33 heavy (non-hydrogen) atoms. The molecule has 4 rings (SSSR count). The van der Waals surface area contributed by atoms with E-state index in [0.717, 1.165) is 38.6 Å². The molecule has 0 fully saturated rings. The Kier molecular flexibility index (Phi) is 6.68. The van der Waals surface area contributed by atoms with Crippen molar-refractivity contribution in [1.82, 2.24) is 14.8 Å². The lowest BCUT2D eigenvalue weighted by atomic mass is 9.84. The van der Waals surface area contributed by atoms with Gasteiger partial charge in [-0.2, -0.15) is 0 Å². The van der Waals surface area contributed by atoms with E-state index < -0.39 is 0 Å². The lowest BCUT2D eigenvalue weighted by molar-refractivity contribution is 0.412. The van der Waals surface area contributed by atoms with Crippen LogP contribution in [0.3, 0.4) is 0 Å². The van der Waals surface area contributed by atoms with Crippen molar-refractivity contribution in [2.45, 2.75) is 57.9 Å². The Bertz CT molecular complexity index is 1240. The van der Waals surface area contributed by atoms with Crippen LogP contribution in [0.1, 0.15) is 48.6 Å². The number of benzene rings is 2. The van der Waals surface area contributed by atoms with Crippen LogP contribution in [0.2, 0.25) is 0 Å². The van der Waals surface area contributed by atoms with Gasteiger partial charge in [-0.05, 0) is 77.6 Å². The quantitative estimate of drug-likeness (QED) is 0.269. The Morgan fingerprint density at radius 3 is 2.33 bits per heavy atom. The molecule has 0 saturated carbocycles. The normalized spacial score (nSPS) is 11.7. The van der Waals surface area contributed by atoms with Crippen LogP contribution in [0.5, 0.6) is 5.75 Å². The van der Waals surface area contributed by atoms with E-state index in [4.69, 9.17) is 4.74 Å². The van der Waals surface area contributed by atoms with Gasteiger partial charge in [0.25, 0.3) is 0 Å². The van der Waals surface area contributed by atoms with E-state index in [1.54, 1.807) is 30.2 Å². The van der Waals surface area contributed by atoms with Gasteiger partial charge in [-0.1, -0.05) is 56.8 Å². The summed E-state index contributed by atoms with van der Waals surface area (Å²) in [5.74, 6) is 2.48. The Morgan fingerprint density at radius 2 is 1.73 bits per heavy atom. The zero-order valence-corrected chi connectivity index (χ0v) is 22.0. The molecule has 6 heteroatoms. The highest BCUT2D eigenvalue weighted by atomic mass is 32.2. The minimum atomic E-state index is 0.138. The third-order valence-corrected chi connectivity index (χ3v) is 7.68. The molecule has 4 aromatic rings. The van der Waals surface area contributed by atoms with Crippen LogP contribution < -0.4 is 4.74 Å². The van der Waals surface area contributed by atoms with Gasteiger partial charge in [0.1, 0.15) is 5.75 Å². The largest absolute Gasteiger partial charge is 0.495 e. The van der Waals surface area contributed by atoms with Crippen LogP contribution in [-0.4, -0.2) is 21.9 Å². The van der Waals surface area contributed by atoms with Crippen molar-refractivity contribution in [3.63, 3.8) is 0 Å². The molecule has 4 nitrogen and oxygen atoms in total. The topological polar surface area (TPSA) is 39.9 Å². The number of aryl methyl sites for hydroxylation is 3. The number of ether oxygens (including phenoxy) is 1. The highest BCUT2D eigenvalue weighted by molar-refractivity contribution is 7.98. The van der Waals surface area contributed by atoms with E-state index in [9.17, 15) is 0 Å². The molecule has 0 saturated heterocycles. The maximum absolute atomic E-state index is 5.72. The second-order valence-electron chi connectivity index (χ2n) is 9.42. The van der Waals surface area contributed by atoms with Crippen molar-refractivity contribution in [2.24, 2.45) is 0 Å². The fourth-order valence-corrected chi connectivity index (χ4v) is 5.75. The zero-order valence-electron chi connectivity index (χ0n) is 20.4. The van der Waals surface area contributed by atoms with Crippen LogP contribution >= 0.6 is 23.1 Å². The van der Waals surface area contributed by atoms with Crippen molar-refractivity contribution in [2.75, 3.05) is 7.11 Å². The van der Waals surface area contributed by atoms with E-state index in [0.29, 0.717) is 0 Å². The van der Waals surface area contributed by atoms with E-state index in [2.05, 4.69) is 92.0 Å². The first-order chi connectivity index (χ1) is 15.7. The van der Waals surface area contributed by atoms with Crippen LogP contribution in [0, 0.1) is 20.8 Å². The molecular weight excluding hydrogens is 446 g/mol. The number of rotatable bonds is 6. The SMILES string of the molecule is COc1ccc(C)cc1-n1c(SCc2c(C)cc(C(C)(C)C)cc2C)nnc1-c1cccs1. The standard InChI is InChI=1S/C27H31N3OS2/c1-17-10-11-23(31-7)22(13-17)30-25(24-9-8-12-32-24)28-29-26(30)33-16-21-18(2)14-20(15-19(21)3)27(4,5)6/h8-15H,16H2,1-7H3. The fraction of sp³-hybridized carbons (Fsp3) is 0.333. The predicted molar refractivity (Wildman–Crippen MR) is 140 cm³/mol. The summed E-state index contributed by atoms with van der Waals surface area (Å²) in [4.78, 5) is 1.08. The average Bonchev–Trinajstić information content (AvgIpc) is 3.42. The Morgan fingerprint density at radius 1 is 1.00 bits per heavy atom. The van der Waals surface area contributed by atoms with Gasteiger partial charge < -0.3 is 4.74 Å². The van der Waals surface area contributed by atoms with E-state index >= 15 is 0 Å². The summed E-state index contributed by atoms with van der Waals surface area (Å²) in [6.07, 6.45) is 0. The van der Waals surface area contributed by atoms with Gasteiger partial charge in [-0.25, -0.2) is 0 Å². The first-order valence-corrected chi connectivity index (χ1v) is 12.9. The third kappa shape index (κ3) is 4.87. The second kappa shape index (κ2) is 9.35. The van der Waals surface area contributed by atoms with E-state index in [1.165, 1.54) is 22.3 Å². The summed E-state index contributed by atoms with van der Waals surface area (Å²) < 4.78 is 7.85. The fourth-order valence-electron chi connectivity index (χ4n) is 3.91. The highest BCUT2D eigenvalue weighted by Crippen LogP contribution is 2.36. The monoisotopic (exact) mass is 477 g/mol. The molecule has 172 valence electrons. The van der Waals surface area contributed by atoms with Crippen LogP contribution in [-0.2, 0) is 11.2 Å². The molecular formula is C27H31N3OS2. The smallest absolute Gasteiger partial charge is 0.196 e. The number of thioether (sulfide) groups is 1. The molecule has 0 radical (unpaired) electrons. The maximum atomic E-state index is 5.72. The summed E-state index contributed by atoms with van der Waals surface area (Å²) >= 11 is 3.38. The first kappa shape index (κ1) is 23.6. The zero-order chi connectivity index (χ0) is 23.8. The summed E-state index contributed by atoms with van der Waals surface area (Å²) in [6.45, 7) is 13.3. The molecule has 0 amide bonds. The Labute approximate surface area is 205 Å². The van der Waals surface area contributed by atoms with E-state index in [-0.39, 0.29) is 5.41 Å².